The summed E-state index contributed by atoms with van der Waals surface area (Å²) in [6.07, 6.45) is 2.59. The van der Waals surface area contributed by atoms with Crippen molar-refractivity contribution in [3.63, 3.8) is 0 Å². The van der Waals surface area contributed by atoms with Crippen molar-refractivity contribution in [3.05, 3.63) is 65.7 Å². The second kappa shape index (κ2) is 8.92. The maximum absolute atomic E-state index is 13.5. The van der Waals surface area contributed by atoms with Crippen LogP contribution in [0, 0.1) is 0 Å². The minimum absolute atomic E-state index is 0.0270. The Bertz CT molecular complexity index is 1060. The van der Waals surface area contributed by atoms with Gasteiger partial charge in [-0.2, -0.15) is 13.2 Å². The van der Waals surface area contributed by atoms with E-state index in [9.17, 15) is 22.8 Å². The second-order valence-corrected chi connectivity index (χ2v) is 8.40. The molecule has 1 aliphatic heterocycles. The molecule has 1 saturated heterocycles. The number of para-hydroxylation sites is 1. The van der Waals surface area contributed by atoms with Gasteiger partial charge in [-0.15, -0.1) is 0 Å². The van der Waals surface area contributed by atoms with Gasteiger partial charge in [-0.25, -0.2) is 0 Å². The lowest BCUT2D eigenvalue weighted by atomic mass is 9.80. The number of benzene rings is 2. The first kappa shape index (κ1) is 22.9. The van der Waals surface area contributed by atoms with Crippen LogP contribution in [0.5, 0.6) is 5.75 Å². The fraction of sp³-hybridized carbons (Fsp3) is 0.360. The van der Waals surface area contributed by atoms with Gasteiger partial charge in [0.25, 0.3) is 5.91 Å². The van der Waals surface area contributed by atoms with E-state index in [1.807, 2.05) is 18.2 Å². The number of carbonyl (C=O) groups excluding carboxylic acids is 2. The van der Waals surface area contributed by atoms with Crippen LogP contribution in [-0.2, 0) is 15.8 Å². The molecule has 174 valence electrons. The van der Waals surface area contributed by atoms with Gasteiger partial charge in [-0.3, -0.25) is 14.5 Å². The van der Waals surface area contributed by atoms with Crippen LogP contribution >= 0.6 is 0 Å². The van der Waals surface area contributed by atoms with E-state index in [4.69, 9.17) is 4.74 Å². The number of anilines is 1. The summed E-state index contributed by atoms with van der Waals surface area (Å²) in [5.41, 5.74) is -1.18. The summed E-state index contributed by atoms with van der Waals surface area (Å²) in [5, 5.41) is 3.05. The molecule has 4 rings (SSSR count). The van der Waals surface area contributed by atoms with Crippen LogP contribution in [0.15, 0.2) is 54.6 Å². The Kier molecular flexibility index (Phi) is 6.19. The first-order valence-corrected chi connectivity index (χ1v) is 10.9. The molecule has 2 aliphatic rings. The Balaban J connectivity index is 1.70. The van der Waals surface area contributed by atoms with Crippen LogP contribution in [0.25, 0.3) is 6.08 Å². The van der Waals surface area contributed by atoms with Crippen molar-refractivity contribution in [2.45, 2.75) is 49.9 Å². The fourth-order valence-corrected chi connectivity index (χ4v) is 4.50. The minimum Gasteiger partial charge on any atom is -0.496 e. The van der Waals surface area contributed by atoms with Crippen molar-refractivity contribution in [1.82, 2.24) is 5.32 Å². The molecule has 1 unspecified atom stereocenters. The van der Waals surface area contributed by atoms with Gasteiger partial charge in [0.05, 0.1) is 19.1 Å². The number of halogens is 3. The molecule has 1 aliphatic carbocycles. The summed E-state index contributed by atoms with van der Waals surface area (Å²) in [5.74, 6) is -0.0621. The number of amides is 2. The predicted molar refractivity (Wildman–Crippen MR) is 119 cm³/mol. The van der Waals surface area contributed by atoms with Gasteiger partial charge >= 0.3 is 6.18 Å². The number of alkyl halides is 3. The smallest absolute Gasteiger partial charge is 0.416 e. The van der Waals surface area contributed by atoms with Crippen LogP contribution in [-0.4, -0.2) is 30.5 Å². The molecule has 2 amide bonds. The normalized spacial score (nSPS) is 21.3. The molecule has 2 aromatic rings. The van der Waals surface area contributed by atoms with Gasteiger partial charge in [0.15, 0.2) is 5.54 Å². The maximum atomic E-state index is 13.5. The Labute approximate surface area is 190 Å². The molecule has 1 N–H and O–H groups in total. The van der Waals surface area contributed by atoms with E-state index in [2.05, 4.69) is 5.32 Å². The van der Waals surface area contributed by atoms with E-state index in [0.29, 0.717) is 5.75 Å². The number of β-lactam (4-membered cyclic amide) rings is 1. The zero-order valence-electron chi connectivity index (χ0n) is 18.2. The van der Waals surface area contributed by atoms with Gasteiger partial charge in [-0.1, -0.05) is 37.1 Å². The molecule has 1 heterocycles. The van der Waals surface area contributed by atoms with E-state index < -0.39 is 17.3 Å². The lowest BCUT2D eigenvalue weighted by molar-refractivity contribution is -0.138. The highest BCUT2D eigenvalue weighted by molar-refractivity contribution is 6.15. The molecule has 5 nitrogen and oxygen atoms in total. The van der Waals surface area contributed by atoms with E-state index in [1.54, 1.807) is 18.2 Å². The van der Waals surface area contributed by atoms with Crippen molar-refractivity contribution in [2.24, 2.45) is 0 Å². The van der Waals surface area contributed by atoms with Crippen molar-refractivity contribution in [2.75, 3.05) is 12.0 Å². The zero-order chi connectivity index (χ0) is 23.6. The first-order chi connectivity index (χ1) is 15.7. The lowest BCUT2D eigenvalue weighted by Gasteiger charge is -2.49. The third-order valence-electron chi connectivity index (χ3n) is 6.28. The average molecular weight is 458 g/mol. The summed E-state index contributed by atoms with van der Waals surface area (Å²) in [6.45, 7) is 0. The second-order valence-electron chi connectivity index (χ2n) is 8.40. The molecule has 0 aromatic heterocycles. The number of ether oxygens (including phenoxy) is 1. The highest BCUT2D eigenvalue weighted by atomic mass is 19.4. The van der Waals surface area contributed by atoms with Crippen LogP contribution in [0.3, 0.4) is 0 Å². The summed E-state index contributed by atoms with van der Waals surface area (Å²) < 4.78 is 44.4. The number of carbonyl (C=O) groups is 2. The molecular weight excluding hydrogens is 433 g/mol. The van der Waals surface area contributed by atoms with E-state index in [0.717, 1.165) is 43.4 Å². The van der Waals surface area contributed by atoms with E-state index in [-0.39, 0.29) is 30.0 Å². The monoisotopic (exact) mass is 458 g/mol. The summed E-state index contributed by atoms with van der Waals surface area (Å²) in [6, 6.07) is 11.6. The van der Waals surface area contributed by atoms with Gasteiger partial charge in [0, 0.05) is 17.3 Å². The van der Waals surface area contributed by atoms with Crippen LogP contribution in [0.2, 0.25) is 0 Å². The topological polar surface area (TPSA) is 58.6 Å². The van der Waals surface area contributed by atoms with Gasteiger partial charge < -0.3 is 10.1 Å². The molecule has 1 atom stereocenters. The molecule has 33 heavy (non-hydrogen) atoms. The molecule has 0 spiro atoms. The third kappa shape index (κ3) is 4.47. The predicted octanol–water partition coefficient (Wildman–Crippen LogP) is 4.96. The number of hydrogen-bond donors (Lipinski definition) is 1. The first-order valence-electron chi connectivity index (χ1n) is 10.9. The van der Waals surface area contributed by atoms with Crippen molar-refractivity contribution in [1.29, 1.82) is 0 Å². The summed E-state index contributed by atoms with van der Waals surface area (Å²) >= 11 is 0. The standard InChI is InChI=1S/C25H25F3N2O3/c1-33-21-9-5-2-6-17(21)14-15-24(23(32)29-19-7-3-4-8-19)16-22(31)30(24)20-12-10-18(11-13-20)25(26,27)28/h2,5-6,9-15,19H,3-4,7-8,16H2,1H3,(H,29,32). The van der Waals surface area contributed by atoms with E-state index >= 15 is 0 Å². The molecule has 8 heteroatoms. The van der Waals surface area contributed by atoms with Gasteiger partial charge in [0.1, 0.15) is 5.75 Å². The largest absolute Gasteiger partial charge is 0.496 e. The summed E-state index contributed by atoms with van der Waals surface area (Å²) in [4.78, 5) is 27.4. The van der Waals surface area contributed by atoms with Crippen LogP contribution < -0.4 is 15.0 Å². The Hall–Kier alpha value is -3.29. The molecule has 2 aromatic carbocycles. The molecular formula is C25H25F3N2O3. The van der Waals surface area contributed by atoms with E-state index in [1.165, 1.54) is 24.1 Å². The summed E-state index contributed by atoms with van der Waals surface area (Å²) in [7, 11) is 1.54. The average Bonchev–Trinajstić information content (AvgIpc) is 3.29. The number of methoxy groups -OCH3 is 1. The number of nitrogens with zero attached hydrogens (tertiary/aromatic N) is 1. The Morgan fingerprint density at radius 1 is 1.12 bits per heavy atom. The lowest BCUT2D eigenvalue weighted by Crippen LogP contribution is -2.70. The van der Waals surface area contributed by atoms with Crippen molar-refractivity contribution < 1.29 is 27.5 Å². The SMILES string of the molecule is COc1ccccc1C=CC1(C(=O)NC2CCCC2)CC(=O)N1c1ccc(C(F)(F)F)cc1. The van der Waals surface area contributed by atoms with Crippen molar-refractivity contribution >= 4 is 23.6 Å². The van der Waals surface area contributed by atoms with Gasteiger partial charge in [0.2, 0.25) is 5.91 Å². The third-order valence-corrected chi connectivity index (χ3v) is 6.28. The highest BCUT2D eigenvalue weighted by Gasteiger charge is 2.56. The zero-order valence-corrected chi connectivity index (χ0v) is 18.2. The quantitative estimate of drug-likeness (QED) is 0.623. The number of hydrogen-bond acceptors (Lipinski definition) is 3. The van der Waals surface area contributed by atoms with Gasteiger partial charge in [-0.05, 0) is 49.2 Å². The van der Waals surface area contributed by atoms with Crippen molar-refractivity contribution in [3.8, 4) is 5.75 Å². The molecule has 0 bridgehead atoms. The molecule has 0 radical (unpaired) electrons. The Morgan fingerprint density at radius 3 is 2.39 bits per heavy atom. The fourth-order valence-electron chi connectivity index (χ4n) is 4.50. The highest BCUT2D eigenvalue weighted by Crippen LogP contribution is 2.41. The molecule has 1 saturated carbocycles. The maximum Gasteiger partial charge on any atom is 0.416 e. The van der Waals surface area contributed by atoms with Crippen LogP contribution in [0.1, 0.15) is 43.2 Å². The number of rotatable bonds is 6. The van der Waals surface area contributed by atoms with Crippen LogP contribution in [0.4, 0.5) is 18.9 Å². The molecule has 2 fully saturated rings. The Morgan fingerprint density at radius 2 is 1.79 bits per heavy atom. The minimum atomic E-state index is -4.49. The number of nitrogens with one attached hydrogen (secondary N) is 1.